The molecule has 0 aliphatic heterocycles. The second-order valence-electron chi connectivity index (χ2n) is 6.58. The third-order valence-corrected chi connectivity index (χ3v) is 4.40. The Kier molecular flexibility index (Phi) is 15.6. The minimum absolute atomic E-state index is 0.295. The Hall–Kier alpha value is -0.160. The molecule has 0 fully saturated rings. The van der Waals surface area contributed by atoms with Crippen molar-refractivity contribution in [1.82, 2.24) is 0 Å². The molecule has 0 aliphatic carbocycles. The van der Waals surface area contributed by atoms with Gasteiger partial charge in [-0.15, -0.1) is 0 Å². The van der Waals surface area contributed by atoms with Crippen LogP contribution in [0.25, 0.3) is 0 Å². The Labute approximate surface area is 137 Å². The van der Waals surface area contributed by atoms with E-state index in [1.54, 1.807) is 0 Å². The second-order valence-corrected chi connectivity index (χ2v) is 6.58. The molecule has 0 aromatic heterocycles. The smallest absolute Gasteiger partial charge is 0.0971 e. The van der Waals surface area contributed by atoms with Crippen molar-refractivity contribution in [3.8, 4) is 0 Å². The van der Waals surface area contributed by atoms with Gasteiger partial charge < -0.3 is 21.1 Å². The largest absolute Gasteiger partial charge is 0.395 e. The summed E-state index contributed by atoms with van der Waals surface area (Å²) in [6.45, 7) is 1.96. The quantitative estimate of drug-likeness (QED) is 0.329. The van der Waals surface area contributed by atoms with E-state index in [9.17, 15) is 10.2 Å². The van der Waals surface area contributed by atoms with Gasteiger partial charge >= 0.3 is 0 Å². The van der Waals surface area contributed by atoms with Crippen molar-refractivity contribution in [1.29, 1.82) is 0 Å². The first-order chi connectivity index (χ1) is 10.6. The Balaban J connectivity index is 3.26. The van der Waals surface area contributed by atoms with E-state index in [0.29, 0.717) is 6.42 Å². The van der Waals surface area contributed by atoms with Crippen LogP contribution in [0.15, 0.2) is 0 Å². The van der Waals surface area contributed by atoms with Crippen molar-refractivity contribution in [2.45, 2.75) is 109 Å². The maximum Gasteiger partial charge on any atom is 0.0971 e. The molecular formula is C18H39NO3. The SMILES string of the molecule is CCCCCCCCCCCCCC[C@@H](O)C(O)[C@@H](N)CO. The van der Waals surface area contributed by atoms with E-state index in [2.05, 4.69) is 6.92 Å². The van der Waals surface area contributed by atoms with E-state index in [-0.39, 0.29) is 6.61 Å². The summed E-state index contributed by atoms with van der Waals surface area (Å²) in [5.41, 5.74) is 5.49. The van der Waals surface area contributed by atoms with Crippen LogP contribution in [0.3, 0.4) is 0 Å². The highest BCUT2D eigenvalue weighted by Gasteiger charge is 2.22. The monoisotopic (exact) mass is 317 g/mol. The van der Waals surface area contributed by atoms with Gasteiger partial charge in [0.05, 0.1) is 24.9 Å². The van der Waals surface area contributed by atoms with Gasteiger partial charge in [-0.3, -0.25) is 0 Å². The molecule has 134 valence electrons. The van der Waals surface area contributed by atoms with Crippen molar-refractivity contribution in [3.05, 3.63) is 0 Å². The summed E-state index contributed by atoms with van der Waals surface area (Å²) in [5, 5.41) is 28.2. The maximum absolute atomic E-state index is 9.74. The van der Waals surface area contributed by atoms with Gasteiger partial charge in [0.1, 0.15) is 0 Å². The van der Waals surface area contributed by atoms with Crippen LogP contribution in [0.5, 0.6) is 0 Å². The van der Waals surface area contributed by atoms with Crippen molar-refractivity contribution in [3.63, 3.8) is 0 Å². The summed E-state index contributed by atoms with van der Waals surface area (Å²) < 4.78 is 0. The molecule has 0 spiro atoms. The van der Waals surface area contributed by atoms with Crippen LogP contribution in [-0.4, -0.2) is 40.2 Å². The molecule has 4 heteroatoms. The molecule has 0 aliphatic rings. The summed E-state index contributed by atoms with van der Waals surface area (Å²) in [7, 11) is 0. The molecule has 22 heavy (non-hydrogen) atoms. The van der Waals surface area contributed by atoms with Gasteiger partial charge in [-0.05, 0) is 6.42 Å². The number of aliphatic hydroxyl groups is 3. The highest BCUT2D eigenvalue weighted by atomic mass is 16.3. The lowest BCUT2D eigenvalue weighted by atomic mass is 10.00. The molecule has 0 bridgehead atoms. The zero-order valence-electron chi connectivity index (χ0n) is 14.6. The van der Waals surface area contributed by atoms with Crippen LogP contribution in [0, 0.1) is 0 Å². The predicted octanol–water partition coefficient (Wildman–Crippen LogP) is 3.12. The Morgan fingerprint density at radius 3 is 1.55 bits per heavy atom. The lowest BCUT2D eigenvalue weighted by Gasteiger charge is -2.22. The fourth-order valence-electron chi connectivity index (χ4n) is 2.76. The Bertz CT molecular complexity index is 226. The van der Waals surface area contributed by atoms with Crippen LogP contribution >= 0.6 is 0 Å². The van der Waals surface area contributed by atoms with E-state index in [4.69, 9.17) is 10.8 Å². The van der Waals surface area contributed by atoms with Gasteiger partial charge in [0.2, 0.25) is 0 Å². The van der Waals surface area contributed by atoms with Gasteiger partial charge in [-0.2, -0.15) is 0 Å². The summed E-state index contributed by atoms with van der Waals surface area (Å²) in [6.07, 6.45) is 14.1. The Morgan fingerprint density at radius 2 is 1.14 bits per heavy atom. The van der Waals surface area contributed by atoms with Crippen molar-refractivity contribution in [2.24, 2.45) is 5.73 Å². The zero-order chi connectivity index (χ0) is 16.6. The predicted molar refractivity (Wildman–Crippen MR) is 92.8 cm³/mol. The number of hydrogen-bond acceptors (Lipinski definition) is 4. The van der Waals surface area contributed by atoms with Crippen molar-refractivity contribution >= 4 is 0 Å². The summed E-state index contributed by atoms with van der Waals surface area (Å²) in [6, 6.07) is -0.743. The highest BCUT2D eigenvalue weighted by Crippen LogP contribution is 2.14. The van der Waals surface area contributed by atoms with Crippen molar-refractivity contribution in [2.75, 3.05) is 6.61 Å². The maximum atomic E-state index is 9.74. The molecular weight excluding hydrogens is 278 g/mol. The number of nitrogens with two attached hydrogens (primary N) is 1. The molecule has 0 aromatic rings. The minimum Gasteiger partial charge on any atom is -0.395 e. The topological polar surface area (TPSA) is 86.7 Å². The van der Waals surface area contributed by atoms with Crippen LogP contribution in [0.2, 0.25) is 0 Å². The molecule has 0 saturated heterocycles. The molecule has 0 rings (SSSR count). The zero-order valence-corrected chi connectivity index (χ0v) is 14.6. The first kappa shape index (κ1) is 21.8. The molecule has 1 unspecified atom stereocenters. The molecule has 3 atom stereocenters. The summed E-state index contributed by atoms with van der Waals surface area (Å²) >= 11 is 0. The second kappa shape index (κ2) is 15.7. The average Bonchev–Trinajstić information content (AvgIpc) is 2.54. The number of aliphatic hydroxyl groups excluding tert-OH is 3. The molecule has 0 heterocycles. The first-order valence-electron chi connectivity index (χ1n) is 9.36. The minimum atomic E-state index is -1.02. The third-order valence-electron chi connectivity index (χ3n) is 4.40. The number of hydrogen-bond donors (Lipinski definition) is 4. The number of rotatable bonds is 16. The number of unbranched alkanes of at least 4 members (excludes halogenated alkanes) is 11. The molecule has 5 N–H and O–H groups in total. The van der Waals surface area contributed by atoms with E-state index in [1.807, 2.05) is 0 Å². The van der Waals surface area contributed by atoms with Gasteiger partial charge in [0.25, 0.3) is 0 Å². The van der Waals surface area contributed by atoms with E-state index < -0.39 is 18.2 Å². The lowest BCUT2D eigenvalue weighted by Crippen LogP contribution is -2.45. The summed E-state index contributed by atoms with van der Waals surface area (Å²) in [4.78, 5) is 0. The van der Waals surface area contributed by atoms with Gasteiger partial charge in [-0.25, -0.2) is 0 Å². The normalized spacial score (nSPS) is 15.7. The fourth-order valence-corrected chi connectivity index (χ4v) is 2.76. The molecule has 0 amide bonds. The lowest BCUT2D eigenvalue weighted by molar-refractivity contribution is -0.0121. The van der Waals surface area contributed by atoms with Crippen LogP contribution < -0.4 is 5.73 Å². The third kappa shape index (κ3) is 12.4. The standard InChI is InChI=1S/C18H39NO3/c1-2-3-4-5-6-7-8-9-10-11-12-13-14-17(21)18(22)16(19)15-20/h16-18,20-22H,2-15,19H2,1H3/t16-,17+,18?/m0/s1. The van der Waals surface area contributed by atoms with E-state index in [0.717, 1.165) is 12.8 Å². The average molecular weight is 318 g/mol. The van der Waals surface area contributed by atoms with Gasteiger partial charge in [-0.1, -0.05) is 84.0 Å². The first-order valence-corrected chi connectivity index (χ1v) is 9.36. The molecule has 0 saturated carbocycles. The van der Waals surface area contributed by atoms with Crippen LogP contribution in [-0.2, 0) is 0 Å². The van der Waals surface area contributed by atoms with Crippen LogP contribution in [0.1, 0.15) is 90.4 Å². The highest BCUT2D eigenvalue weighted by molar-refractivity contribution is 4.77. The Morgan fingerprint density at radius 1 is 0.727 bits per heavy atom. The molecule has 0 aromatic carbocycles. The van der Waals surface area contributed by atoms with Gasteiger partial charge in [0, 0.05) is 0 Å². The van der Waals surface area contributed by atoms with E-state index in [1.165, 1.54) is 64.2 Å². The van der Waals surface area contributed by atoms with E-state index >= 15 is 0 Å². The van der Waals surface area contributed by atoms with Crippen molar-refractivity contribution < 1.29 is 15.3 Å². The molecule has 4 nitrogen and oxygen atoms in total. The van der Waals surface area contributed by atoms with Gasteiger partial charge in [0.15, 0.2) is 0 Å². The molecule has 0 radical (unpaired) electrons. The fraction of sp³-hybridized carbons (Fsp3) is 1.00. The summed E-state index contributed by atoms with van der Waals surface area (Å²) in [5.74, 6) is 0. The van der Waals surface area contributed by atoms with Crippen LogP contribution in [0.4, 0.5) is 0 Å².